The quantitative estimate of drug-likeness (QED) is 0.848. The summed E-state index contributed by atoms with van der Waals surface area (Å²) in [5.74, 6) is 0.379. The van der Waals surface area contributed by atoms with Gasteiger partial charge in [0.1, 0.15) is 0 Å². The minimum Gasteiger partial charge on any atom is -0.379 e. The van der Waals surface area contributed by atoms with Gasteiger partial charge in [0.25, 0.3) is 0 Å². The second kappa shape index (κ2) is 6.10. The summed E-state index contributed by atoms with van der Waals surface area (Å²) in [6, 6.07) is 0.183. The molecule has 0 unspecified atom stereocenters. The topological polar surface area (TPSA) is 60.4 Å². The Hall–Kier alpha value is -1.64. The van der Waals surface area contributed by atoms with Crippen LogP contribution in [0.2, 0.25) is 0 Å². The average Bonchev–Trinajstić information content (AvgIpc) is 3.23. The van der Waals surface area contributed by atoms with Gasteiger partial charge in [-0.1, -0.05) is 0 Å². The van der Waals surface area contributed by atoms with Crippen molar-refractivity contribution in [2.45, 2.75) is 25.7 Å². The van der Waals surface area contributed by atoms with Crippen LogP contribution in [0.25, 0.3) is 0 Å². The van der Waals surface area contributed by atoms with E-state index in [2.05, 4.69) is 19.9 Å². The Balaban J connectivity index is 1.47. The van der Waals surface area contributed by atoms with E-state index in [0.29, 0.717) is 32.3 Å². The molecule has 0 N–H and O–H groups in total. The van der Waals surface area contributed by atoms with Crippen molar-refractivity contribution in [3.63, 3.8) is 0 Å². The van der Waals surface area contributed by atoms with Gasteiger partial charge in [-0.25, -0.2) is 19.3 Å². The van der Waals surface area contributed by atoms with E-state index < -0.39 is 5.82 Å². The highest BCUT2D eigenvalue weighted by atomic mass is 32.1. The van der Waals surface area contributed by atoms with Crippen LogP contribution in [-0.4, -0.2) is 46.9 Å². The van der Waals surface area contributed by atoms with Gasteiger partial charge in [0.15, 0.2) is 5.82 Å². The van der Waals surface area contributed by atoms with E-state index in [0.717, 1.165) is 10.7 Å². The molecule has 122 valence electrons. The molecule has 3 atom stereocenters. The Morgan fingerprint density at radius 2 is 2.22 bits per heavy atom. The third-order valence-electron chi connectivity index (χ3n) is 4.32. The van der Waals surface area contributed by atoms with E-state index in [4.69, 9.17) is 9.47 Å². The molecule has 23 heavy (non-hydrogen) atoms. The molecule has 2 aliphatic rings. The highest BCUT2D eigenvalue weighted by molar-refractivity contribution is 7.09. The van der Waals surface area contributed by atoms with Crippen molar-refractivity contribution < 1.29 is 13.9 Å². The van der Waals surface area contributed by atoms with Crippen LogP contribution in [0.1, 0.15) is 10.7 Å². The SMILES string of the molecule is Cc1nc(CO[C@@H]2CN(c3ncc(F)cn3)[C@H]3COC[C@@H]23)cs1. The molecule has 2 aliphatic heterocycles. The standard InChI is InChI=1S/C15H17FN4O2S/c1-9-19-11(8-23-9)5-22-14-4-20(13-7-21-6-12(13)14)15-17-2-10(16)3-18-15/h2-3,8,12-14H,4-7H2,1H3/t12-,13+,14-/m1/s1. The number of rotatable bonds is 4. The highest BCUT2D eigenvalue weighted by Gasteiger charge is 2.47. The lowest BCUT2D eigenvalue weighted by molar-refractivity contribution is 0.0147. The van der Waals surface area contributed by atoms with Crippen LogP contribution >= 0.6 is 11.3 Å². The van der Waals surface area contributed by atoms with Gasteiger partial charge in [-0.05, 0) is 6.92 Å². The lowest BCUT2D eigenvalue weighted by Gasteiger charge is -2.21. The number of aromatic nitrogens is 3. The van der Waals surface area contributed by atoms with Crippen LogP contribution < -0.4 is 4.90 Å². The molecule has 2 fully saturated rings. The molecule has 8 heteroatoms. The molecule has 0 radical (unpaired) electrons. The first kappa shape index (κ1) is 14.9. The van der Waals surface area contributed by atoms with E-state index in [9.17, 15) is 4.39 Å². The van der Waals surface area contributed by atoms with Crippen molar-refractivity contribution in [3.8, 4) is 0 Å². The smallest absolute Gasteiger partial charge is 0.225 e. The number of ether oxygens (including phenoxy) is 2. The first-order valence-corrected chi connectivity index (χ1v) is 8.43. The number of fused-ring (bicyclic) bond motifs is 1. The van der Waals surface area contributed by atoms with Crippen LogP contribution in [0.3, 0.4) is 0 Å². The summed E-state index contributed by atoms with van der Waals surface area (Å²) >= 11 is 1.62. The molecule has 0 saturated carbocycles. The summed E-state index contributed by atoms with van der Waals surface area (Å²) in [5.41, 5.74) is 0.958. The van der Waals surface area contributed by atoms with Gasteiger partial charge in [-0.3, -0.25) is 0 Å². The molecule has 2 saturated heterocycles. The van der Waals surface area contributed by atoms with E-state index in [1.54, 1.807) is 11.3 Å². The van der Waals surface area contributed by atoms with Crippen molar-refractivity contribution in [1.29, 1.82) is 0 Å². The van der Waals surface area contributed by atoms with Gasteiger partial charge in [-0.2, -0.15) is 0 Å². The van der Waals surface area contributed by atoms with Crippen LogP contribution in [-0.2, 0) is 16.1 Å². The maximum atomic E-state index is 13.0. The molecule has 4 heterocycles. The van der Waals surface area contributed by atoms with Crippen molar-refractivity contribution in [3.05, 3.63) is 34.3 Å². The van der Waals surface area contributed by atoms with E-state index in [1.165, 1.54) is 12.4 Å². The fourth-order valence-electron chi connectivity index (χ4n) is 3.23. The summed E-state index contributed by atoms with van der Waals surface area (Å²) < 4.78 is 24.7. The largest absolute Gasteiger partial charge is 0.379 e. The Bertz CT molecular complexity index is 680. The predicted molar refractivity (Wildman–Crippen MR) is 82.9 cm³/mol. The zero-order chi connectivity index (χ0) is 15.8. The zero-order valence-electron chi connectivity index (χ0n) is 12.7. The van der Waals surface area contributed by atoms with Gasteiger partial charge < -0.3 is 14.4 Å². The molecule has 4 rings (SSSR count). The number of thiazole rings is 1. The molecular weight excluding hydrogens is 319 g/mol. The van der Waals surface area contributed by atoms with E-state index in [-0.39, 0.29) is 18.1 Å². The summed E-state index contributed by atoms with van der Waals surface area (Å²) in [7, 11) is 0. The minimum absolute atomic E-state index is 0.0400. The number of aryl methyl sites for hydroxylation is 1. The maximum Gasteiger partial charge on any atom is 0.225 e. The fourth-order valence-corrected chi connectivity index (χ4v) is 3.82. The Morgan fingerprint density at radius 3 is 2.96 bits per heavy atom. The van der Waals surface area contributed by atoms with Crippen molar-refractivity contribution in [1.82, 2.24) is 15.0 Å². The maximum absolute atomic E-state index is 13.0. The Labute approximate surface area is 137 Å². The van der Waals surface area contributed by atoms with Crippen molar-refractivity contribution in [2.24, 2.45) is 5.92 Å². The molecule has 0 aromatic carbocycles. The number of halogens is 1. The van der Waals surface area contributed by atoms with Gasteiger partial charge in [0.05, 0.1) is 55.1 Å². The van der Waals surface area contributed by atoms with E-state index in [1.807, 2.05) is 12.3 Å². The second-order valence-electron chi connectivity index (χ2n) is 5.83. The number of nitrogens with zero attached hydrogens (tertiary/aromatic N) is 4. The van der Waals surface area contributed by atoms with Crippen LogP contribution in [0, 0.1) is 18.7 Å². The van der Waals surface area contributed by atoms with Crippen molar-refractivity contribution >= 4 is 17.3 Å². The van der Waals surface area contributed by atoms with Crippen molar-refractivity contribution in [2.75, 3.05) is 24.7 Å². The molecule has 0 bridgehead atoms. The Kier molecular flexibility index (Phi) is 3.96. The van der Waals surface area contributed by atoms with Gasteiger partial charge >= 0.3 is 0 Å². The molecule has 6 nitrogen and oxygen atoms in total. The summed E-state index contributed by atoms with van der Waals surface area (Å²) in [4.78, 5) is 14.7. The zero-order valence-corrected chi connectivity index (χ0v) is 13.5. The third kappa shape index (κ3) is 2.93. The first-order valence-electron chi connectivity index (χ1n) is 7.55. The molecule has 0 aliphatic carbocycles. The molecule has 2 aromatic rings. The normalized spacial score (nSPS) is 26.7. The van der Waals surface area contributed by atoms with Crippen LogP contribution in [0.5, 0.6) is 0 Å². The lowest BCUT2D eigenvalue weighted by Crippen LogP contribution is -2.34. The monoisotopic (exact) mass is 336 g/mol. The highest BCUT2D eigenvalue weighted by Crippen LogP contribution is 2.34. The van der Waals surface area contributed by atoms with Crippen LogP contribution in [0.15, 0.2) is 17.8 Å². The number of hydrogen-bond acceptors (Lipinski definition) is 7. The second-order valence-corrected chi connectivity index (χ2v) is 6.89. The average molecular weight is 336 g/mol. The Morgan fingerprint density at radius 1 is 1.39 bits per heavy atom. The lowest BCUT2D eigenvalue weighted by atomic mass is 10.0. The summed E-state index contributed by atoms with van der Waals surface area (Å²) in [5, 5.41) is 3.06. The van der Waals surface area contributed by atoms with Gasteiger partial charge in [-0.15, -0.1) is 11.3 Å². The van der Waals surface area contributed by atoms with Gasteiger partial charge in [0, 0.05) is 17.8 Å². The summed E-state index contributed by atoms with van der Waals surface area (Å²) in [6.07, 6.45) is 2.43. The first-order chi connectivity index (χ1) is 11.2. The fraction of sp³-hybridized carbons (Fsp3) is 0.533. The molecule has 2 aromatic heterocycles. The molecule has 0 spiro atoms. The molecular formula is C15H17FN4O2S. The molecule has 0 amide bonds. The third-order valence-corrected chi connectivity index (χ3v) is 5.15. The van der Waals surface area contributed by atoms with E-state index >= 15 is 0 Å². The number of anilines is 1. The minimum atomic E-state index is -0.432. The van der Waals surface area contributed by atoms with Gasteiger partial charge in [0.2, 0.25) is 5.95 Å². The summed E-state index contributed by atoms with van der Waals surface area (Å²) in [6.45, 7) is 4.46. The predicted octanol–water partition coefficient (Wildman–Crippen LogP) is 1.80. The van der Waals surface area contributed by atoms with Crippen LogP contribution in [0.4, 0.5) is 10.3 Å². The number of hydrogen-bond donors (Lipinski definition) is 0.